The summed E-state index contributed by atoms with van der Waals surface area (Å²) in [7, 11) is 0. The number of Topliss-reactive ketones (excluding diaryl/α,β-unsaturated/α-hetero) is 1. The fourth-order valence-corrected chi connectivity index (χ4v) is 3.97. The molecule has 0 radical (unpaired) electrons. The minimum Gasteiger partial charge on any atom is -0.443 e. The van der Waals surface area contributed by atoms with Crippen LogP contribution in [0.25, 0.3) is 22.3 Å². The predicted molar refractivity (Wildman–Crippen MR) is 113 cm³/mol. The van der Waals surface area contributed by atoms with Crippen LogP contribution in [0.2, 0.25) is 0 Å². The number of carbonyl (C=O) groups is 2. The monoisotopic (exact) mass is 390 g/mol. The van der Waals surface area contributed by atoms with Crippen molar-refractivity contribution in [3.63, 3.8) is 0 Å². The smallest absolute Gasteiger partial charge is 0.419 e. The number of benzene rings is 1. The molecule has 2 aromatic heterocycles. The topological polar surface area (TPSA) is 61.2 Å². The van der Waals surface area contributed by atoms with Crippen molar-refractivity contribution in [2.75, 3.05) is 0 Å². The zero-order valence-electron chi connectivity index (χ0n) is 17.1. The van der Waals surface area contributed by atoms with E-state index in [4.69, 9.17) is 4.74 Å². The first-order chi connectivity index (χ1) is 13.8. The molecule has 2 heterocycles. The maximum atomic E-state index is 13.0. The SMILES string of the molecule is CC(C)(C)OC(=O)n1c(-c2ccccn2)cc2cc(C3CCC(=O)CC3)ccc21. The van der Waals surface area contributed by atoms with Gasteiger partial charge in [0.05, 0.1) is 16.9 Å². The highest BCUT2D eigenvalue weighted by Gasteiger charge is 2.25. The van der Waals surface area contributed by atoms with Gasteiger partial charge in [0.1, 0.15) is 11.4 Å². The summed E-state index contributed by atoms with van der Waals surface area (Å²) in [6.45, 7) is 5.58. The van der Waals surface area contributed by atoms with E-state index >= 15 is 0 Å². The molecule has 150 valence electrons. The molecule has 0 unspecified atom stereocenters. The first kappa shape index (κ1) is 19.4. The normalized spacial score (nSPS) is 15.6. The van der Waals surface area contributed by atoms with Crippen molar-refractivity contribution in [1.29, 1.82) is 0 Å². The number of hydrogen-bond donors (Lipinski definition) is 0. The van der Waals surface area contributed by atoms with Crippen molar-refractivity contribution in [3.8, 4) is 11.4 Å². The van der Waals surface area contributed by atoms with Gasteiger partial charge < -0.3 is 4.74 Å². The Morgan fingerprint density at radius 1 is 1.10 bits per heavy atom. The summed E-state index contributed by atoms with van der Waals surface area (Å²) < 4.78 is 7.28. The minimum atomic E-state index is -0.594. The van der Waals surface area contributed by atoms with Crippen LogP contribution in [-0.4, -0.2) is 27.0 Å². The third kappa shape index (κ3) is 4.09. The van der Waals surface area contributed by atoms with Gasteiger partial charge in [0.15, 0.2) is 0 Å². The molecule has 1 aromatic carbocycles. The number of ether oxygens (including phenoxy) is 1. The molecule has 0 bridgehead atoms. The lowest BCUT2D eigenvalue weighted by atomic mass is 9.83. The quantitative estimate of drug-likeness (QED) is 0.562. The van der Waals surface area contributed by atoms with Crippen molar-refractivity contribution in [2.24, 2.45) is 0 Å². The van der Waals surface area contributed by atoms with E-state index in [2.05, 4.69) is 17.1 Å². The Labute approximate surface area is 170 Å². The molecular weight excluding hydrogens is 364 g/mol. The molecule has 29 heavy (non-hydrogen) atoms. The number of hydrogen-bond acceptors (Lipinski definition) is 4. The highest BCUT2D eigenvalue weighted by molar-refractivity contribution is 5.96. The Balaban J connectivity index is 1.80. The van der Waals surface area contributed by atoms with E-state index in [0.29, 0.717) is 30.2 Å². The van der Waals surface area contributed by atoms with Gasteiger partial charge in [0.25, 0.3) is 0 Å². The molecule has 5 heteroatoms. The van der Waals surface area contributed by atoms with Crippen LogP contribution in [0.4, 0.5) is 4.79 Å². The van der Waals surface area contributed by atoms with Gasteiger partial charge in [-0.15, -0.1) is 0 Å². The lowest BCUT2D eigenvalue weighted by molar-refractivity contribution is -0.120. The van der Waals surface area contributed by atoms with Gasteiger partial charge in [0, 0.05) is 24.4 Å². The van der Waals surface area contributed by atoms with Gasteiger partial charge in [0.2, 0.25) is 0 Å². The Kier molecular flexibility index (Phi) is 4.99. The Hall–Kier alpha value is -2.95. The summed E-state index contributed by atoms with van der Waals surface area (Å²) in [4.78, 5) is 29.1. The Morgan fingerprint density at radius 2 is 1.86 bits per heavy atom. The largest absolute Gasteiger partial charge is 0.443 e. The molecule has 0 N–H and O–H groups in total. The first-order valence-corrected chi connectivity index (χ1v) is 10.1. The van der Waals surface area contributed by atoms with E-state index < -0.39 is 11.7 Å². The van der Waals surface area contributed by atoms with Crippen molar-refractivity contribution < 1.29 is 14.3 Å². The molecule has 1 aliphatic carbocycles. The van der Waals surface area contributed by atoms with Crippen LogP contribution < -0.4 is 0 Å². The van der Waals surface area contributed by atoms with Crippen LogP contribution in [0.3, 0.4) is 0 Å². The number of aromatic nitrogens is 2. The molecule has 5 nitrogen and oxygen atoms in total. The Morgan fingerprint density at radius 3 is 2.52 bits per heavy atom. The highest BCUT2D eigenvalue weighted by Crippen LogP contribution is 2.35. The molecule has 4 rings (SSSR count). The number of nitrogens with zero attached hydrogens (tertiary/aromatic N) is 2. The van der Waals surface area contributed by atoms with Gasteiger partial charge in [-0.3, -0.25) is 9.78 Å². The standard InChI is InChI=1S/C24H26N2O3/c1-24(2,3)29-23(28)26-21-12-9-17(16-7-10-19(27)11-8-16)14-18(21)15-22(26)20-6-4-5-13-25-20/h4-6,9,12-16H,7-8,10-11H2,1-3H3. The molecule has 0 saturated heterocycles. The van der Waals surface area contributed by atoms with Crippen LogP contribution >= 0.6 is 0 Å². The Bertz CT molecular complexity index is 1050. The molecule has 1 saturated carbocycles. The summed E-state index contributed by atoms with van der Waals surface area (Å²) >= 11 is 0. The van der Waals surface area contributed by atoms with Crippen LogP contribution in [0.5, 0.6) is 0 Å². The van der Waals surface area contributed by atoms with Gasteiger partial charge in [-0.25, -0.2) is 9.36 Å². The third-order valence-corrected chi connectivity index (χ3v) is 5.34. The second-order valence-corrected chi connectivity index (χ2v) is 8.69. The molecular formula is C24H26N2O3. The molecule has 1 fully saturated rings. The minimum absolute atomic E-state index is 0.357. The van der Waals surface area contributed by atoms with E-state index in [9.17, 15) is 9.59 Å². The van der Waals surface area contributed by atoms with Gasteiger partial charge in [-0.2, -0.15) is 0 Å². The van der Waals surface area contributed by atoms with E-state index in [1.165, 1.54) is 5.56 Å². The average molecular weight is 390 g/mol. The van der Waals surface area contributed by atoms with Crippen molar-refractivity contribution in [1.82, 2.24) is 9.55 Å². The summed E-state index contributed by atoms with van der Waals surface area (Å²) in [5.74, 6) is 0.746. The van der Waals surface area contributed by atoms with E-state index in [-0.39, 0.29) is 0 Å². The van der Waals surface area contributed by atoms with Crippen molar-refractivity contribution >= 4 is 22.8 Å². The summed E-state index contributed by atoms with van der Waals surface area (Å²) in [5.41, 5.74) is 2.86. The molecule has 0 amide bonds. The van der Waals surface area contributed by atoms with Crippen LogP contribution in [-0.2, 0) is 9.53 Å². The predicted octanol–water partition coefficient (Wildman–Crippen LogP) is 5.71. The number of fused-ring (bicyclic) bond motifs is 1. The number of pyridine rings is 1. The average Bonchev–Trinajstić information content (AvgIpc) is 3.07. The highest BCUT2D eigenvalue weighted by atomic mass is 16.6. The fourth-order valence-electron chi connectivity index (χ4n) is 3.97. The summed E-state index contributed by atoms with van der Waals surface area (Å²) in [6.07, 6.45) is 4.40. The maximum absolute atomic E-state index is 13.0. The maximum Gasteiger partial charge on any atom is 0.419 e. The molecule has 0 aliphatic heterocycles. The van der Waals surface area contributed by atoms with Crippen molar-refractivity contribution in [3.05, 3.63) is 54.2 Å². The van der Waals surface area contributed by atoms with E-state index in [1.807, 2.05) is 51.1 Å². The van der Waals surface area contributed by atoms with Crippen LogP contribution in [0.1, 0.15) is 57.9 Å². The first-order valence-electron chi connectivity index (χ1n) is 10.1. The fraction of sp³-hybridized carbons (Fsp3) is 0.375. The van der Waals surface area contributed by atoms with E-state index in [1.54, 1.807) is 10.8 Å². The molecule has 0 atom stereocenters. The second-order valence-electron chi connectivity index (χ2n) is 8.69. The second kappa shape index (κ2) is 7.47. The lowest BCUT2D eigenvalue weighted by Crippen LogP contribution is -2.27. The van der Waals surface area contributed by atoms with Crippen LogP contribution in [0.15, 0.2) is 48.7 Å². The van der Waals surface area contributed by atoms with Gasteiger partial charge >= 0.3 is 6.09 Å². The summed E-state index contributed by atoms with van der Waals surface area (Å²) in [6, 6.07) is 13.9. The zero-order valence-corrected chi connectivity index (χ0v) is 17.1. The van der Waals surface area contributed by atoms with E-state index in [0.717, 1.165) is 29.4 Å². The summed E-state index contributed by atoms with van der Waals surface area (Å²) in [5, 5.41) is 0.978. The zero-order chi connectivity index (χ0) is 20.6. The number of rotatable bonds is 2. The molecule has 0 spiro atoms. The van der Waals surface area contributed by atoms with Crippen LogP contribution in [0, 0.1) is 0 Å². The number of ketones is 1. The third-order valence-electron chi connectivity index (χ3n) is 5.34. The van der Waals surface area contributed by atoms with Crippen molar-refractivity contribution in [2.45, 2.75) is 58.0 Å². The lowest BCUT2D eigenvalue weighted by Gasteiger charge is -2.22. The van der Waals surface area contributed by atoms with Gasteiger partial charge in [-0.1, -0.05) is 12.1 Å². The van der Waals surface area contributed by atoms with Gasteiger partial charge in [-0.05, 0) is 75.4 Å². The molecule has 1 aliphatic rings. The molecule has 3 aromatic rings. The number of carbonyl (C=O) groups excluding carboxylic acids is 2.